The molecule has 2 rings (SSSR count). The van der Waals surface area contributed by atoms with E-state index < -0.39 is 0 Å². The van der Waals surface area contributed by atoms with Crippen molar-refractivity contribution in [1.82, 2.24) is 0 Å². The van der Waals surface area contributed by atoms with Crippen LogP contribution in [-0.4, -0.2) is 10.7 Å². The Kier molecular flexibility index (Phi) is 3.56. The van der Waals surface area contributed by atoms with Crippen LogP contribution in [0.2, 0.25) is 0 Å². The number of aromatic hydroxyl groups is 1. The van der Waals surface area contributed by atoms with Crippen LogP contribution in [0.25, 0.3) is 0 Å². The van der Waals surface area contributed by atoms with Crippen molar-refractivity contribution in [3.8, 4) is 11.5 Å². The Bertz CT molecular complexity index is 538. The predicted octanol–water partition coefficient (Wildman–Crippen LogP) is 4.84. The third kappa shape index (κ3) is 2.65. The lowest BCUT2D eigenvalue weighted by atomic mass is 9.77. The van der Waals surface area contributed by atoms with Crippen LogP contribution >= 0.6 is 0 Å². The van der Waals surface area contributed by atoms with Crippen LogP contribution in [-0.2, 0) is 6.42 Å². The minimum atomic E-state index is -0.105. The first-order valence-corrected chi connectivity index (χ1v) is 7.55. The van der Waals surface area contributed by atoms with Crippen molar-refractivity contribution in [2.75, 3.05) is 0 Å². The second-order valence-electron chi connectivity index (χ2n) is 7.82. The number of hydrogen-bond acceptors (Lipinski definition) is 2. The molecule has 0 unspecified atom stereocenters. The van der Waals surface area contributed by atoms with Gasteiger partial charge in [-0.25, -0.2) is 0 Å². The van der Waals surface area contributed by atoms with Gasteiger partial charge in [-0.05, 0) is 69.1 Å². The summed E-state index contributed by atoms with van der Waals surface area (Å²) in [4.78, 5) is 0. The van der Waals surface area contributed by atoms with Gasteiger partial charge in [0, 0.05) is 5.56 Å². The molecule has 0 saturated carbocycles. The largest absolute Gasteiger partial charge is 0.507 e. The summed E-state index contributed by atoms with van der Waals surface area (Å²) < 4.78 is 6.43. The fourth-order valence-electron chi connectivity index (χ4n) is 3.54. The molecule has 1 aliphatic rings. The molecule has 0 bridgehead atoms. The summed E-state index contributed by atoms with van der Waals surface area (Å²) in [5.74, 6) is 1.44. The molecule has 1 atom stereocenters. The number of phenols is 1. The molecule has 1 N–H and O–H groups in total. The van der Waals surface area contributed by atoms with E-state index in [4.69, 9.17) is 4.74 Å². The van der Waals surface area contributed by atoms with E-state index in [1.165, 1.54) is 5.56 Å². The molecule has 0 radical (unpaired) electrons. The van der Waals surface area contributed by atoms with E-state index in [1.54, 1.807) is 0 Å². The molecule has 1 aliphatic heterocycles. The second-order valence-corrected chi connectivity index (χ2v) is 7.82. The fourth-order valence-corrected chi connectivity index (χ4v) is 3.54. The topological polar surface area (TPSA) is 29.5 Å². The molecule has 0 amide bonds. The maximum absolute atomic E-state index is 10.2. The minimum Gasteiger partial charge on any atom is -0.507 e. The lowest BCUT2D eigenvalue weighted by Gasteiger charge is -2.41. The third-order valence-corrected chi connectivity index (χ3v) is 4.50. The van der Waals surface area contributed by atoms with Gasteiger partial charge in [0.1, 0.15) is 17.1 Å². The van der Waals surface area contributed by atoms with Crippen LogP contribution < -0.4 is 4.74 Å². The van der Waals surface area contributed by atoms with Crippen molar-refractivity contribution in [3.05, 3.63) is 22.3 Å². The van der Waals surface area contributed by atoms with Gasteiger partial charge in [-0.1, -0.05) is 20.8 Å². The van der Waals surface area contributed by atoms with Gasteiger partial charge in [-0.15, -0.1) is 0 Å². The Morgan fingerprint density at radius 3 is 2.25 bits per heavy atom. The van der Waals surface area contributed by atoms with E-state index >= 15 is 0 Å². The van der Waals surface area contributed by atoms with Crippen LogP contribution in [0, 0.1) is 26.2 Å². The zero-order valence-electron chi connectivity index (χ0n) is 14.0. The quantitative estimate of drug-likeness (QED) is 0.795. The molecule has 112 valence electrons. The number of benzene rings is 1. The minimum absolute atomic E-state index is 0.105. The summed E-state index contributed by atoms with van der Waals surface area (Å²) in [5.41, 5.74) is 4.36. The molecule has 1 aromatic carbocycles. The number of ether oxygens (including phenoxy) is 1. The summed E-state index contributed by atoms with van der Waals surface area (Å²) >= 11 is 0. The maximum Gasteiger partial charge on any atom is 0.127 e. The molecule has 0 saturated heterocycles. The van der Waals surface area contributed by atoms with Crippen molar-refractivity contribution in [3.63, 3.8) is 0 Å². The number of fused-ring (bicyclic) bond motifs is 1. The van der Waals surface area contributed by atoms with Gasteiger partial charge >= 0.3 is 0 Å². The zero-order valence-corrected chi connectivity index (χ0v) is 14.0. The van der Waals surface area contributed by atoms with Crippen LogP contribution in [0.4, 0.5) is 0 Å². The summed E-state index contributed by atoms with van der Waals surface area (Å²) in [5, 5.41) is 10.2. The lowest BCUT2D eigenvalue weighted by molar-refractivity contribution is 0.0240. The van der Waals surface area contributed by atoms with Gasteiger partial charge in [0.05, 0.1) is 0 Å². The Hall–Kier alpha value is -1.18. The monoisotopic (exact) mass is 276 g/mol. The molecule has 0 aliphatic carbocycles. The SMILES string of the molecule is Cc1c(C)c2c(c(C)c1O)CC[C@@](C)(CC(C)(C)C)O2. The van der Waals surface area contributed by atoms with Gasteiger partial charge in [-0.3, -0.25) is 0 Å². The van der Waals surface area contributed by atoms with Crippen molar-refractivity contribution in [2.24, 2.45) is 5.41 Å². The van der Waals surface area contributed by atoms with Crippen LogP contribution in [0.3, 0.4) is 0 Å². The molecule has 2 heteroatoms. The Labute approximate surface area is 123 Å². The highest BCUT2D eigenvalue weighted by molar-refractivity contribution is 5.58. The van der Waals surface area contributed by atoms with E-state index in [2.05, 4.69) is 34.6 Å². The first kappa shape index (κ1) is 15.2. The Morgan fingerprint density at radius 1 is 1.10 bits per heavy atom. The Morgan fingerprint density at radius 2 is 1.70 bits per heavy atom. The average Bonchev–Trinajstić information content (AvgIpc) is 2.31. The van der Waals surface area contributed by atoms with Crippen molar-refractivity contribution in [2.45, 2.75) is 73.3 Å². The highest BCUT2D eigenvalue weighted by Crippen LogP contribution is 2.45. The van der Waals surface area contributed by atoms with Crippen LogP contribution in [0.1, 0.15) is 62.8 Å². The summed E-state index contributed by atoms with van der Waals surface area (Å²) in [6.07, 6.45) is 3.04. The van der Waals surface area contributed by atoms with Crippen LogP contribution in [0.5, 0.6) is 11.5 Å². The molecule has 20 heavy (non-hydrogen) atoms. The lowest BCUT2D eigenvalue weighted by Crippen LogP contribution is -2.40. The van der Waals surface area contributed by atoms with Gasteiger partial charge in [0.15, 0.2) is 0 Å². The third-order valence-electron chi connectivity index (χ3n) is 4.50. The van der Waals surface area contributed by atoms with E-state index in [-0.39, 0.29) is 11.0 Å². The van der Waals surface area contributed by atoms with E-state index in [1.807, 2.05) is 13.8 Å². The summed E-state index contributed by atoms with van der Waals surface area (Å²) in [6, 6.07) is 0. The maximum atomic E-state index is 10.2. The first-order valence-electron chi connectivity index (χ1n) is 7.55. The zero-order chi connectivity index (χ0) is 15.3. The normalized spacial score (nSPS) is 22.4. The average molecular weight is 276 g/mol. The molecule has 0 fully saturated rings. The molecule has 1 aromatic rings. The summed E-state index contributed by atoms with van der Waals surface area (Å²) in [6.45, 7) is 15.0. The molecular weight excluding hydrogens is 248 g/mol. The van der Waals surface area contributed by atoms with Gasteiger partial charge in [-0.2, -0.15) is 0 Å². The molecule has 2 nitrogen and oxygen atoms in total. The van der Waals surface area contributed by atoms with Gasteiger partial charge < -0.3 is 9.84 Å². The first-order chi connectivity index (χ1) is 9.04. The Balaban J connectivity index is 2.45. The van der Waals surface area contributed by atoms with Crippen molar-refractivity contribution >= 4 is 0 Å². The van der Waals surface area contributed by atoms with Crippen molar-refractivity contribution in [1.29, 1.82) is 0 Å². The molecule has 0 aromatic heterocycles. The predicted molar refractivity (Wildman–Crippen MR) is 83.7 cm³/mol. The fraction of sp³-hybridized carbons (Fsp3) is 0.667. The van der Waals surface area contributed by atoms with Gasteiger partial charge in [0.25, 0.3) is 0 Å². The molecule has 1 heterocycles. The standard InChI is InChI=1S/C18H28O2/c1-11-12(2)16-14(13(3)15(11)19)8-9-18(7,20-16)10-17(4,5)6/h19H,8-10H2,1-7H3/t18-/m0/s1. The van der Waals surface area contributed by atoms with E-state index in [9.17, 15) is 5.11 Å². The van der Waals surface area contributed by atoms with E-state index in [0.717, 1.165) is 41.7 Å². The van der Waals surface area contributed by atoms with Crippen molar-refractivity contribution < 1.29 is 9.84 Å². The highest BCUT2D eigenvalue weighted by atomic mass is 16.5. The van der Waals surface area contributed by atoms with Gasteiger partial charge in [0.2, 0.25) is 0 Å². The smallest absolute Gasteiger partial charge is 0.127 e. The molecule has 0 spiro atoms. The number of hydrogen-bond donors (Lipinski definition) is 1. The highest BCUT2D eigenvalue weighted by Gasteiger charge is 2.37. The number of phenolic OH excluding ortho intramolecular Hbond substituents is 1. The van der Waals surface area contributed by atoms with Crippen LogP contribution in [0.15, 0.2) is 0 Å². The summed E-state index contributed by atoms with van der Waals surface area (Å²) in [7, 11) is 0. The number of rotatable bonds is 1. The van der Waals surface area contributed by atoms with E-state index in [0.29, 0.717) is 5.75 Å². The second kappa shape index (κ2) is 4.68. The molecular formula is C18H28O2.